The van der Waals surface area contributed by atoms with Crippen molar-refractivity contribution in [2.75, 3.05) is 45.9 Å². The van der Waals surface area contributed by atoms with Crippen LogP contribution in [0, 0.1) is 0 Å². The molecule has 6 heteroatoms. The van der Waals surface area contributed by atoms with Gasteiger partial charge in [-0.1, -0.05) is 0 Å². The third kappa shape index (κ3) is 3.79. The maximum atomic E-state index is 12.4. The number of nitrogens with zero attached hydrogens (tertiary/aromatic N) is 3. The van der Waals surface area contributed by atoms with Crippen molar-refractivity contribution in [2.45, 2.75) is 44.7 Å². The molecule has 124 valence electrons. The predicted octanol–water partition coefficient (Wildman–Crippen LogP) is 0.321. The zero-order valence-electron chi connectivity index (χ0n) is 13.5. The maximum absolute atomic E-state index is 12.4. The van der Waals surface area contributed by atoms with Gasteiger partial charge in [0.25, 0.3) is 0 Å². The van der Waals surface area contributed by atoms with E-state index in [-0.39, 0.29) is 11.8 Å². The maximum Gasteiger partial charge on any atom is 0.236 e. The second kappa shape index (κ2) is 6.96. The Labute approximate surface area is 132 Å². The van der Waals surface area contributed by atoms with Gasteiger partial charge in [0.2, 0.25) is 11.8 Å². The molecule has 1 atom stereocenters. The Kier molecular flexibility index (Phi) is 4.98. The number of likely N-dealkylation sites (tertiary alicyclic amines) is 1. The normalized spacial score (nSPS) is 26.2. The number of hydrogen-bond acceptors (Lipinski definition) is 4. The number of carbonyl (C=O) groups is 2. The molecule has 3 fully saturated rings. The lowest BCUT2D eigenvalue weighted by molar-refractivity contribution is -0.136. The molecule has 22 heavy (non-hydrogen) atoms. The molecule has 2 aliphatic heterocycles. The molecule has 0 N–H and O–H groups in total. The van der Waals surface area contributed by atoms with Crippen LogP contribution >= 0.6 is 0 Å². The highest BCUT2D eigenvalue weighted by Gasteiger charge is 2.36. The Balaban J connectivity index is 1.53. The molecule has 1 saturated carbocycles. The van der Waals surface area contributed by atoms with Gasteiger partial charge in [-0.3, -0.25) is 14.5 Å². The van der Waals surface area contributed by atoms with Crippen LogP contribution in [0.1, 0.15) is 32.6 Å². The standard InChI is InChI=1S/C16H27N3O3/c1-13(20)19(14-4-5-14)11-15-3-2-6-18(15)12-16(21)17-7-9-22-10-8-17/h14-15H,2-12H2,1H3/t15-/m1/s1. The van der Waals surface area contributed by atoms with Gasteiger partial charge in [0.05, 0.1) is 19.8 Å². The van der Waals surface area contributed by atoms with Crippen molar-refractivity contribution in [3.63, 3.8) is 0 Å². The number of hydrogen-bond donors (Lipinski definition) is 0. The van der Waals surface area contributed by atoms with Gasteiger partial charge in [-0.2, -0.15) is 0 Å². The Bertz CT molecular complexity index is 419. The highest BCUT2D eigenvalue weighted by molar-refractivity contribution is 5.78. The lowest BCUT2D eigenvalue weighted by Gasteiger charge is -2.33. The number of morpholine rings is 1. The smallest absolute Gasteiger partial charge is 0.236 e. The molecule has 0 aromatic carbocycles. The molecular weight excluding hydrogens is 282 g/mol. The summed E-state index contributed by atoms with van der Waals surface area (Å²) >= 11 is 0. The van der Waals surface area contributed by atoms with E-state index in [0.717, 1.165) is 38.8 Å². The summed E-state index contributed by atoms with van der Waals surface area (Å²) in [5.74, 6) is 0.379. The number of carbonyl (C=O) groups excluding carboxylic acids is 2. The third-order valence-corrected chi connectivity index (χ3v) is 5.00. The van der Waals surface area contributed by atoms with E-state index in [1.165, 1.54) is 0 Å². The minimum absolute atomic E-state index is 0.175. The molecule has 3 aliphatic rings. The zero-order chi connectivity index (χ0) is 15.5. The first-order valence-electron chi connectivity index (χ1n) is 8.52. The molecule has 2 saturated heterocycles. The molecule has 0 aromatic heterocycles. The van der Waals surface area contributed by atoms with E-state index in [9.17, 15) is 9.59 Å². The topological polar surface area (TPSA) is 53.1 Å². The predicted molar refractivity (Wildman–Crippen MR) is 82.4 cm³/mol. The van der Waals surface area contributed by atoms with E-state index < -0.39 is 0 Å². The van der Waals surface area contributed by atoms with E-state index in [0.29, 0.717) is 44.9 Å². The quantitative estimate of drug-likeness (QED) is 0.734. The average molecular weight is 309 g/mol. The van der Waals surface area contributed by atoms with Crippen LogP contribution in [0.4, 0.5) is 0 Å². The molecule has 6 nitrogen and oxygen atoms in total. The number of amides is 2. The van der Waals surface area contributed by atoms with Crippen molar-refractivity contribution < 1.29 is 14.3 Å². The Morgan fingerprint density at radius 3 is 2.50 bits per heavy atom. The zero-order valence-corrected chi connectivity index (χ0v) is 13.5. The molecule has 1 aliphatic carbocycles. The van der Waals surface area contributed by atoms with Gasteiger partial charge in [0, 0.05) is 38.6 Å². The lowest BCUT2D eigenvalue weighted by atomic mass is 10.2. The lowest BCUT2D eigenvalue weighted by Crippen LogP contribution is -2.49. The fourth-order valence-corrected chi connectivity index (χ4v) is 3.54. The van der Waals surface area contributed by atoms with Crippen molar-refractivity contribution >= 4 is 11.8 Å². The molecule has 0 radical (unpaired) electrons. The number of ether oxygens (including phenoxy) is 1. The first-order chi connectivity index (χ1) is 10.6. The highest BCUT2D eigenvalue weighted by Crippen LogP contribution is 2.29. The van der Waals surface area contributed by atoms with Crippen molar-refractivity contribution in [3.8, 4) is 0 Å². The molecule has 0 aromatic rings. The van der Waals surface area contributed by atoms with Crippen LogP contribution in [0.5, 0.6) is 0 Å². The highest BCUT2D eigenvalue weighted by atomic mass is 16.5. The monoisotopic (exact) mass is 309 g/mol. The molecule has 0 bridgehead atoms. The molecular formula is C16H27N3O3. The van der Waals surface area contributed by atoms with E-state index >= 15 is 0 Å². The van der Waals surface area contributed by atoms with Crippen molar-refractivity contribution in [2.24, 2.45) is 0 Å². The molecule has 2 heterocycles. The summed E-state index contributed by atoms with van der Waals surface area (Å²) in [4.78, 5) is 30.4. The van der Waals surface area contributed by atoms with Crippen LogP contribution in [0.15, 0.2) is 0 Å². The van der Waals surface area contributed by atoms with Gasteiger partial charge in [-0.05, 0) is 32.2 Å². The van der Waals surface area contributed by atoms with Crippen LogP contribution in [-0.2, 0) is 14.3 Å². The minimum atomic E-state index is 0.175. The van der Waals surface area contributed by atoms with E-state index in [1.807, 2.05) is 9.80 Å². The molecule has 0 unspecified atom stereocenters. The van der Waals surface area contributed by atoms with Crippen LogP contribution in [0.25, 0.3) is 0 Å². The van der Waals surface area contributed by atoms with Crippen molar-refractivity contribution in [1.29, 1.82) is 0 Å². The van der Waals surface area contributed by atoms with Crippen molar-refractivity contribution in [1.82, 2.24) is 14.7 Å². The summed E-state index contributed by atoms with van der Waals surface area (Å²) in [5.41, 5.74) is 0. The van der Waals surface area contributed by atoms with Crippen LogP contribution < -0.4 is 0 Å². The second-order valence-corrected chi connectivity index (χ2v) is 6.66. The van der Waals surface area contributed by atoms with Gasteiger partial charge in [0.15, 0.2) is 0 Å². The van der Waals surface area contributed by atoms with Gasteiger partial charge in [-0.25, -0.2) is 0 Å². The Morgan fingerprint density at radius 2 is 1.86 bits per heavy atom. The van der Waals surface area contributed by atoms with E-state index in [1.54, 1.807) is 6.92 Å². The summed E-state index contributed by atoms with van der Waals surface area (Å²) in [7, 11) is 0. The molecule has 2 amide bonds. The minimum Gasteiger partial charge on any atom is -0.378 e. The van der Waals surface area contributed by atoms with Crippen molar-refractivity contribution in [3.05, 3.63) is 0 Å². The van der Waals surface area contributed by atoms with Crippen LogP contribution in [0.2, 0.25) is 0 Å². The van der Waals surface area contributed by atoms with Gasteiger partial charge in [0.1, 0.15) is 0 Å². The Hall–Kier alpha value is -1.14. The summed E-state index contributed by atoms with van der Waals surface area (Å²) in [6, 6.07) is 0.796. The number of rotatable bonds is 5. The largest absolute Gasteiger partial charge is 0.378 e. The first kappa shape index (κ1) is 15.7. The first-order valence-corrected chi connectivity index (χ1v) is 8.52. The van der Waals surface area contributed by atoms with Gasteiger partial charge in [-0.15, -0.1) is 0 Å². The van der Waals surface area contributed by atoms with Crippen LogP contribution in [0.3, 0.4) is 0 Å². The van der Waals surface area contributed by atoms with Gasteiger partial charge < -0.3 is 14.5 Å². The van der Waals surface area contributed by atoms with E-state index in [2.05, 4.69) is 4.90 Å². The second-order valence-electron chi connectivity index (χ2n) is 6.66. The summed E-state index contributed by atoms with van der Waals surface area (Å²) in [5, 5.41) is 0. The molecule has 0 spiro atoms. The average Bonchev–Trinajstić information content (AvgIpc) is 3.27. The SMILES string of the molecule is CC(=O)N(C[C@H]1CCCN1CC(=O)N1CCOCC1)C1CC1. The van der Waals surface area contributed by atoms with Crippen LogP contribution in [-0.4, -0.2) is 84.5 Å². The Morgan fingerprint density at radius 1 is 1.14 bits per heavy atom. The van der Waals surface area contributed by atoms with Gasteiger partial charge >= 0.3 is 0 Å². The summed E-state index contributed by atoms with van der Waals surface area (Å²) < 4.78 is 5.30. The fourth-order valence-electron chi connectivity index (χ4n) is 3.54. The molecule has 3 rings (SSSR count). The summed E-state index contributed by atoms with van der Waals surface area (Å²) in [6.07, 6.45) is 4.49. The van der Waals surface area contributed by atoms with E-state index in [4.69, 9.17) is 4.74 Å². The fraction of sp³-hybridized carbons (Fsp3) is 0.875. The third-order valence-electron chi connectivity index (χ3n) is 5.00. The summed E-state index contributed by atoms with van der Waals surface area (Å²) in [6.45, 7) is 6.62.